The summed E-state index contributed by atoms with van der Waals surface area (Å²) < 4.78 is 5.11. The molecule has 0 aromatic rings. The van der Waals surface area contributed by atoms with E-state index in [9.17, 15) is 4.79 Å². The summed E-state index contributed by atoms with van der Waals surface area (Å²) in [5.41, 5.74) is 0. The number of hydrogen-bond acceptors (Lipinski definition) is 3. The van der Waals surface area contributed by atoms with Gasteiger partial charge in [-0.15, -0.1) is 0 Å². The van der Waals surface area contributed by atoms with Gasteiger partial charge in [-0.05, 0) is 18.8 Å². The maximum absolute atomic E-state index is 10.2. The summed E-state index contributed by atoms with van der Waals surface area (Å²) in [6.07, 6.45) is 3.46. The number of carboxylic acids is 1. The molecule has 0 radical (unpaired) electrons. The van der Waals surface area contributed by atoms with E-state index in [4.69, 9.17) is 14.9 Å². The van der Waals surface area contributed by atoms with Crippen LogP contribution >= 0.6 is 0 Å². The van der Waals surface area contributed by atoms with Crippen molar-refractivity contribution >= 4 is 5.97 Å². The van der Waals surface area contributed by atoms with Crippen LogP contribution in [0, 0.1) is 5.92 Å². The zero-order valence-corrected chi connectivity index (χ0v) is 7.61. The van der Waals surface area contributed by atoms with Gasteiger partial charge in [-0.3, -0.25) is 0 Å². The van der Waals surface area contributed by atoms with Gasteiger partial charge in [0.2, 0.25) is 0 Å². The number of rotatable bonds is 5. The van der Waals surface area contributed by atoms with Crippen molar-refractivity contribution in [3.05, 3.63) is 0 Å². The first kappa shape index (κ1) is 10.5. The van der Waals surface area contributed by atoms with Gasteiger partial charge < -0.3 is 14.9 Å². The van der Waals surface area contributed by atoms with Crippen LogP contribution in [0.1, 0.15) is 25.7 Å². The molecule has 0 aliphatic heterocycles. The Labute approximate surface area is 77.5 Å². The number of aliphatic carboxylic acids is 1. The van der Waals surface area contributed by atoms with Gasteiger partial charge in [-0.2, -0.15) is 0 Å². The third-order valence-electron chi connectivity index (χ3n) is 2.39. The molecule has 4 heteroatoms. The Kier molecular flexibility index (Phi) is 4.18. The molecule has 0 aromatic carbocycles. The number of ether oxygens (including phenoxy) is 1. The molecule has 1 unspecified atom stereocenters. The van der Waals surface area contributed by atoms with Crippen molar-refractivity contribution in [2.24, 2.45) is 5.92 Å². The van der Waals surface area contributed by atoms with Gasteiger partial charge in [-0.1, -0.05) is 12.8 Å². The second-order valence-corrected chi connectivity index (χ2v) is 3.54. The van der Waals surface area contributed by atoms with Crippen LogP contribution in [0.4, 0.5) is 0 Å². The lowest BCUT2D eigenvalue weighted by molar-refractivity contribution is -0.150. The molecule has 1 aliphatic rings. The van der Waals surface area contributed by atoms with Crippen LogP contribution in [0.5, 0.6) is 0 Å². The molecule has 4 nitrogen and oxygen atoms in total. The van der Waals surface area contributed by atoms with E-state index in [0.29, 0.717) is 12.5 Å². The Bertz CT molecular complexity index is 163. The third-order valence-corrected chi connectivity index (χ3v) is 2.39. The molecule has 0 amide bonds. The lowest BCUT2D eigenvalue weighted by Crippen LogP contribution is -2.26. The first-order valence-electron chi connectivity index (χ1n) is 4.68. The number of hydrogen-bond donors (Lipinski definition) is 2. The van der Waals surface area contributed by atoms with Gasteiger partial charge in [0.1, 0.15) is 0 Å². The second kappa shape index (κ2) is 5.19. The zero-order valence-electron chi connectivity index (χ0n) is 7.61. The highest BCUT2D eigenvalue weighted by atomic mass is 16.5. The van der Waals surface area contributed by atoms with Crippen LogP contribution in [0.15, 0.2) is 0 Å². The van der Waals surface area contributed by atoms with Crippen molar-refractivity contribution < 1.29 is 19.7 Å². The topological polar surface area (TPSA) is 66.8 Å². The van der Waals surface area contributed by atoms with Crippen LogP contribution < -0.4 is 0 Å². The molecule has 1 atom stereocenters. The lowest BCUT2D eigenvalue weighted by Gasteiger charge is -2.10. The molecule has 0 aromatic heterocycles. The maximum atomic E-state index is 10.2. The standard InChI is InChI=1S/C9H16O4/c10-8(9(11)12)6-13-5-7-3-1-2-4-7/h7-8,10H,1-6H2,(H,11,12). The minimum absolute atomic E-state index is 0.0914. The molecule has 76 valence electrons. The number of carboxylic acid groups (broad SMARTS) is 1. The molecule has 1 aliphatic carbocycles. The molecular weight excluding hydrogens is 172 g/mol. The van der Waals surface area contributed by atoms with Crippen molar-refractivity contribution in [1.82, 2.24) is 0 Å². The first-order valence-corrected chi connectivity index (χ1v) is 4.68. The Morgan fingerprint density at radius 2 is 2.08 bits per heavy atom. The molecule has 1 rings (SSSR count). The summed E-state index contributed by atoms with van der Waals surface area (Å²) >= 11 is 0. The van der Waals surface area contributed by atoms with E-state index >= 15 is 0 Å². The molecule has 2 N–H and O–H groups in total. The molecule has 1 saturated carbocycles. The highest BCUT2D eigenvalue weighted by Gasteiger charge is 2.17. The van der Waals surface area contributed by atoms with Gasteiger partial charge in [-0.25, -0.2) is 4.79 Å². The largest absolute Gasteiger partial charge is 0.479 e. The van der Waals surface area contributed by atoms with Crippen LogP contribution in [-0.2, 0) is 9.53 Å². The van der Waals surface area contributed by atoms with E-state index in [1.165, 1.54) is 25.7 Å². The summed E-state index contributed by atoms with van der Waals surface area (Å²) in [5, 5.41) is 17.2. The summed E-state index contributed by atoms with van der Waals surface area (Å²) in [5.74, 6) is -0.646. The Balaban J connectivity index is 2.02. The highest BCUT2D eigenvalue weighted by molar-refractivity contribution is 5.71. The van der Waals surface area contributed by atoms with E-state index in [0.717, 1.165) is 0 Å². The van der Waals surface area contributed by atoms with E-state index in [-0.39, 0.29) is 6.61 Å². The van der Waals surface area contributed by atoms with E-state index in [1.54, 1.807) is 0 Å². The fourth-order valence-corrected chi connectivity index (χ4v) is 1.59. The number of aliphatic hydroxyl groups is 1. The highest BCUT2D eigenvalue weighted by Crippen LogP contribution is 2.24. The molecule has 0 bridgehead atoms. The number of carbonyl (C=O) groups is 1. The minimum Gasteiger partial charge on any atom is -0.479 e. The first-order chi connectivity index (χ1) is 6.20. The Hall–Kier alpha value is -0.610. The van der Waals surface area contributed by atoms with Gasteiger partial charge in [0, 0.05) is 6.61 Å². The van der Waals surface area contributed by atoms with E-state index in [2.05, 4.69) is 0 Å². The molecule has 1 fully saturated rings. The van der Waals surface area contributed by atoms with Gasteiger partial charge in [0.15, 0.2) is 6.10 Å². The van der Waals surface area contributed by atoms with E-state index in [1.807, 2.05) is 0 Å². The molecule has 13 heavy (non-hydrogen) atoms. The van der Waals surface area contributed by atoms with Crippen molar-refractivity contribution in [3.63, 3.8) is 0 Å². The monoisotopic (exact) mass is 188 g/mol. The molecule has 0 heterocycles. The lowest BCUT2D eigenvalue weighted by atomic mass is 10.1. The predicted octanol–water partition coefficient (Wildman–Crippen LogP) is 0.639. The Morgan fingerprint density at radius 1 is 1.46 bits per heavy atom. The number of aliphatic hydroxyl groups excluding tert-OH is 1. The summed E-state index contributed by atoms with van der Waals surface area (Å²) in [7, 11) is 0. The van der Waals surface area contributed by atoms with Crippen LogP contribution in [-0.4, -0.2) is 35.5 Å². The molecule has 0 saturated heterocycles. The van der Waals surface area contributed by atoms with Crippen LogP contribution in [0.3, 0.4) is 0 Å². The smallest absolute Gasteiger partial charge is 0.334 e. The average molecular weight is 188 g/mol. The molecule has 0 spiro atoms. The fourth-order valence-electron chi connectivity index (χ4n) is 1.59. The third kappa shape index (κ3) is 3.74. The fraction of sp³-hybridized carbons (Fsp3) is 0.889. The van der Waals surface area contributed by atoms with Crippen LogP contribution in [0.2, 0.25) is 0 Å². The summed E-state index contributed by atoms with van der Waals surface area (Å²) in [6, 6.07) is 0. The van der Waals surface area contributed by atoms with Gasteiger partial charge in [0.25, 0.3) is 0 Å². The summed E-state index contributed by atoms with van der Waals surface area (Å²) in [4.78, 5) is 10.2. The zero-order chi connectivity index (χ0) is 9.68. The van der Waals surface area contributed by atoms with Gasteiger partial charge in [0.05, 0.1) is 6.61 Å². The quantitative estimate of drug-likeness (QED) is 0.664. The van der Waals surface area contributed by atoms with Crippen LogP contribution in [0.25, 0.3) is 0 Å². The SMILES string of the molecule is O=C(O)C(O)COCC1CCCC1. The maximum Gasteiger partial charge on any atom is 0.334 e. The van der Waals surface area contributed by atoms with Crippen molar-refractivity contribution in [2.75, 3.05) is 13.2 Å². The predicted molar refractivity (Wildman–Crippen MR) is 46.4 cm³/mol. The van der Waals surface area contributed by atoms with Crippen molar-refractivity contribution in [2.45, 2.75) is 31.8 Å². The normalized spacial score (nSPS) is 20.4. The second-order valence-electron chi connectivity index (χ2n) is 3.54. The molecular formula is C9H16O4. The average Bonchev–Trinajstić information content (AvgIpc) is 2.56. The minimum atomic E-state index is -1.37. The Morgan fingerprint density at radius 3 is 2.62 bits per heavy atom. The van der Waals surface area contributed by atoms with Crippen molar-refractivity contribution in [1.29, 1.82) is 0 Å². The van der Waals surface area contributed by atoms with Crippen molar-refractivity contribution in [3.8, 4) is 0 Å². The van der Waals surface area contributed by atoms with E-state index < -0.39 is 12.1 Å². The summed E-state index contributed by atoms with van der Waals surface area (Å²) in [6.45, 7) is 0.496. The van der Waals surface area contributed by atoms with Gasteiger partial charge >= 0.3 is 5.97 Å².